The second-order valence-corrected chi connectivity index (χ2v) is 8.24. The molecule has 0 saturated carbocycles. The number of aromatic nitrogens is 2. The summed E-state index contributed by atoms with van der Waals surface area (Å²) in [6.07, 6.45) is 0.799. The van der Waals surface area contributed by atoms with E-state index in [9.17, 15) is 9.59 Å². The number of hydrogen-bond donors (Lipinski definition) is 1. The van der Waals surface area contributed by atoms with Gasteiger partial charge >= 0.3 is 5.97 Å². The molecule has 1 atom stereocenters. The van der Waals surface area contributed by atoms with E-state index in [1.807, 2.05) is 33.8 Å². The quantitative estimate of drug-likeness (QED) is 0.629. The molecule has 1 amide bonds. The molecule has 0 bridgehead atoms. The molecule has 0 aliphatic heterocycles. The van der Waals surface area contributed by atoms with E-state index in [-0.39, 0.29) is 24.3 Å². The number of nitrogens with one attached hydrogen (secondary N) is 1. The van der Waals surface area contributed by atoms with Crippen molar-refractivity contribution in [2.24, 2.45) is 0 Å². The molecular formula is C20H23N3O4S. The van der Waals surface area contributed by atoms with E-state index in [0.29, 0.717) is 22.3 Å². The highest BCUT2D eigenvalue weighted by Crippen LogP contribution is 2.33. The van der Waals surface area contributed by atoms with Crippen LogP contribution in [-0.2, 0) is 9.53 Å². The molecule has 1 N–H and O–H groups in total. The van der Waals surface area contributed by atoms with Crippen molar-refractivity contribution in [2.75, 3.05) is 6.61 Å². The van der Waals surface area contributed by atoms with Crippen molar-refractivity contribution in [3.05, 3.63) is 33.1 Å². The van der Waals surface area contributed by atoms with E-state index in [1.54, 1.807) is 24.3 Å². The molecule has 3 aromatic rings. The number of rotatable bonds is 6. The Bertz CT molecular complexity index is 1040. The third-order valence-corrected chi connectivity index (χ3v) is 5.47. The predicted molar refractivity (Wildman–Crippen MR) is 108 cm³/mol. The number of carbonyl (C=O) groups is 2. The lowest BCUT2D eigenvalue weighted by Gasteiger charge is -2.12. The molecule has 8 heteroatoms. The number of aryl methyl sites for hydroxylation is 3. The van der Waals surface area contributed by atoms with E-state index in [1.165, 1.54) is 0 Å². The van der Waals surface area contributed by atoms with Gasteiger partial charge in [-0.2, -0.15) is 0 Å². The number of carbonyl (C=O) groups excluding carboxylic acids is 2. The maximum Gasteiger partial charge on any atom is 0.339 e. The highest BCUT2D eigenvalue weighted by Gasteiger charge is 2.22. The van der Waals surface area contributed by atoms with Crippen molar-refractivity contribution in [2.45, 2.75) is 47.1 Å². The molecule has 1 unspecified atom stereocenters. The van der Waals surface area contributed by atoms with Gasteiger partial charge in [-0.1, -0.05) is 12.1 Å². The van der Waals surface area contributed by atoms with Crippen molar-refractivity contribution in [1.29, 1.82) is 0 Å². The van der Waals surface area contributed by atoms with Crippen LogP contribution in [0.15, 0.2) is 16.7 Å². The molecule has 3 rings (SSSR count). The smallest absolute Gasteiger partial charge is 0.339 e. The molecule has 148 valence electrons. The first-order valence-corrected chi connectivity index (χ1v) is 9.92. The van der Waals surface area contributed by atoms with Crippen LogP contribution in [0.3, 0.4) is 0 Å². The molecule has 0 aliphatic rings. The number of ether oxygens (including phenoxy) is 1. The maximum atomic E-state index is 12.7. The fraction of sp³-hybridized carbons (Fsp3) is 0.400. The summed E-state index contributed by atoms with van der Waals surface area (Å²) in [6, 6.07) is 3.72. The molecular weight excluding hydrogens is 378 g/mol. The minimum Gasteiger partial charge on any atom is -0.452 e. The minimum atomic E-state index is -0.608. The van der Waals surface area contributed by atoms with Crippen LogP contribution in [0.1, 0.15) is 46.1 Å². The molecule has 0 aromatic carbocycles. The van der Waals surface area contributed by atoms with E-state index in [2.05, 4.69) is 15.5 Å². The van der Waals surface area contributed by atoms with Crippen molar-refractivity contribution in [3.8, 4) is 11.3 Å². The van der Waals surface area contributed by atoms with E-state index in [4.69, 9.17) is 9.26 Å². The number of amides is 1. The van der Waals surface area contributed by atoms with Gasteiger partial charge in [0.15, 0.2) is 6.61 Å². The Kier molecular flexibility index (Phi) is 5.79. The van der Waals surface area contributed by atoms with Crippen LogP contribution in [0, 0.1) is 20.8 Å². The Morgan fingerprint density at radius 3 is 2.68 bits per heavy atom. The Morgan fingerprint density at radius 2 is 2.04 bits per heavy atom. The average Bonchev–Trinajstić information content (AvgIpc) is 3.20. The first kappa shape index (κ1) is 20.0. The number of hydrogen-bond acceptors (Lipinski definition) is 7. The maximum absolute atomic E-state index is 12.7. The van der Waals surface area contributed by atoms with Gasteiger partial charge in [-0.25, -0.2) is 9.78 Å². The zero-order chi connectivity index (χ0) is 20.4. The van der Waals surface area contributed by atoms with Crippen molar-refractivity contribution in [3.63, 3.8) is 0 Å². The molecule has 7 nitrogen and oxygen atoms in total. The molecule has 0 fully saturated rings. The topological polar surface area (TPSA) is 94.3 Å². The Morgan fingerprint density at radius 1 is 1.29 bits per heavy atom. The lowest BCUT2D eigenvalue weighted by Crippen LogP contribution is -2.35. The summed E-state index contributed by atoms with van der Waals surface area (Å²) in [5, 5.41) is 7.19. The van der Waals surface area contributed by atoms with Gasteiger partial charge in [-0.3, -0.25) is 4.79 Å². The van der Waals surface area contributed by atoms with Crippen molar-refractivity contribution < 1.29 is 18.8 Å². The Labute approximate surface area is 167 Å². The normalized spacial score (nSPS) is 12.2. The summed E-state index contributed by atoms with van der Waals surface area (Å²) in [6.45, 7) is 9.27. The van der Waals surface area contributed by atoms with Crippen LogP contribution in [0.5, 0.6) is 0 Å². The Hall–Kier alpha value is -2.74. The largest absolute Gasteiger partial charge is 0.452 e. The zero-order valence-electron chi connectivity index (χ0n) is 16.6. The van der Waals surface area contributed by atoms with Gasteiger partial charge in [0.2, 0.25) is 0 Å². The second kappa shape index (κ2) is 8.10. The first-order valence-electron chi connectivity index (χ1n) is 9.11. The number of thiophene rings is 1. The van der Waals surface area contributed by atoms with Crippen LogP contribution in [-0.4, -0.2) is 34.7 Å². The highest BCUT2D eigenvalue weighted by molar-refractivity contribution is 7.12. The van der Waals surface area contributed by atoms with Gasteiger partial charge in [0.25, 0.3) is 11.6 Å². The SMILES string of the molecule is CCC(C)NC(=O)COC(=O)c1cc(-c2cc(C)sc2C)nc2onc(C)c12. The molecule has 28 heavy (non-hydrogen) atoms. The fourth-order valence-corrected chi connectivity index (χ4v) is 3.84. The van der Waals surface area contributed by atoms with E-state index >= 15 is 0 Å². The van der Waals surface area contributed by atoms with Gasteiger partial charge < -0.3 is 14.6 Å². The average molecular weight is 401 g/mol. The van der Waals surface area contributed by atoms with Crippen LogP contribution in [0.25, 0.3) is 22.4 Å². The summed E-state index contributed by atoms with van der Waals surface area (Å²) in [5.74, 6) is -0.941. The van der Waals surface area contributed by atoms with Crippen LogP contribution < -0.4 is 5.32 Å². The van der Waals surface area contributed by atoms with Crippen molar-refractivity contribution >= 4 is 34.3 Å². The van der Waals surface area contributed by atoms with E-state index < -0.39 is 5.97 Å². The lowest BCUT2D eigenvalue weighted by atomic mass is 10.1. The number of pyridine rings is 1. The van der Waals surface area contributed by atoms with Gasteiger partial charge in [-0.15, -0.1) is 11.3 Å². The van der Waals surface area contributed by atoms with Gasteiger partial charge in [0, 0.05) is 21.4 Å². The standard InChI is InChI=1S/C20H23N3O4S/c1-6-10(2)21-17(24)9-26-20(25)15-8-16(14-7-11(3)28-13(14)5)22-19-18(15)12(4)23-27-19/h7-8,10H,6,9H2,1-5H3,(H,21,24). The minimum absolute atomic E-state index is 0.0237. The second-order valence-electron chi connectivity index (χ2n) is 6.78. The highest BCUT2D eigenvalue weighted by atomic mass is 32.1. The summed E-state index contributed by atoms with van der Waals surface area (Å²) in [5.41, 5.74) is 2.65. The van der Waals surface area contributed by atoms with Crippen LogP contribution in [0.2, 0.25) is 0 Å². The molecule has 0 radical (unpaired) electrons. The summed E-state index contributed by atoms with van der Waals surface area (Å²) < 4.78 is 10.5. The predicted octanol–water partition coefficient (Wildman–Crippen LogP) is 3.95. The summed E-state index contributed by atoms with van der Waals surface area (Å²) in [4.78, 5) is 31.4. The first-order chi connectivity index (χ1) is 13.3. The molecule has 0 saturated heterocycles. The van der Waals surface area contributed by atoms with Gasteiger partial charge in [0.1, 0.15) is 0 Å². The Balaban J connectivity index is 1.93. The number of fused-ring (bicyclic) bond motifs is 1. The molecule has 3 heterocycles. The summed E-state index contributed by atoms with van der Waals surface area (Å²) >= 11 is 1.66. The zero-order valence-corrected chi connectivity index (χ0v) is 17.4. The third-order valence-electron chi connectivity index (χ3n) is 4.51. The monoisotopic (exact) mass is 401 g/mol. The van der Waals surface area contributed by atoms with Gasteiger partial charge in [0.05, 0.1) is 22.3 Å². The number of esters is 1. The van der Waals surface area contributed by atoms with Crippen LogP contribution in [0.4, 0.5) is 0 Å². The molecule has 0 aliphatic carbocycles. The third kappa shape index (κ3) is 4.06. The fourth-order valence-electron chi connectivity index (χ4n) is 2.91. The molecule has 0 spiro atoms. The summed E-state index contributed by atoms with van der Waals surface area (Å²) in [7, 11) is 0. The van der Waals surface area contributed by atoms with Crippen LogP contribution >= 0.6 is 11.3 Å². The van der Waals surface area contributed by atoms with Crippen molar-refractivity contribution in [1.82, 2.24) is 15.5 Å². The number of nitrogens with zero attached hydrogens (tertiary/aromatic N) is 2. The molecule has 3 aromatic heterocycles. The lowest BCUT2D eigenvalue weighted by molar-refractivity contribution is -0.124. The van der Waals surface area contributed by atoms with E-state index in [0.717, 1.165) is 21.7 Å². The van der Waals surface area contributed by atoms with Gasteiger partial charge in [-0.05, 0) is 46.2 Å².